The Morgan fingerprint density at radius 3 is 2.86 bits per heavy atom. The van der Waals surface area contributed by atoms with Crippen LogP contribution in [-0.2, 0) is 0 Å². The Hall–Kier alpha value is -1.28. The van der Waals surface area contributed by atoms with Crippen LogP contribution in [0.5, 0.6) is 5.75 Å². The van der Waals surface area contributed by atoms with Crippen LogP contribution in [0.25, 0.3) is 0 Å². The molecule has 1 atom stereocenters. The summed E-state index contributed by atoms with van der Waals surface area (Å²) in [6, 6.07) is 5.97. The highest BCUT2D eigenvalue weighted by atomic mass is 16.5. The van der Waals surface area contributed by atoms with Crippen LogP contribution >= 0.6 is 0 Å². The van der Waals surface area contributed by atoms with E-state index in [1.165, 1.54) is 5.56 Å². The second kappa shape index (κ2) is 4.82. The van der Waals surface area contributed by atoms with Crippen LogP contribution in [0.2, 0.25) is 0 Å². The molecule has 0 radical (unpaired) electrons. The Morgan fingerprint density at radius 1 is 1.57 bits per heavy atom. The molecule has 0 saturated heterocycles. The molecular weight excluding hydrogens is 174 g/mol. The van der Waals surface area contributed by atoms with Crippen LogP contribution in [0.15, 0.2) is 30.9 Å². The van der Waals surface area contributed by atoms with Gasteiger partial charge in [-0.25, -0.2) is 0 Å². The fourth-order valence-electron chi connectivity index (χ4n) is 1.45. The van der Waals surface area contributed by atoms with Gasteiger partial charge in [0.15, 0.2) is 0 Å². The summed E-state index contributed by atoms with van der Waals surface area (Å²) in [6.07, 6.45) is 2.62. The molecule has 2 N–H and O–H groups in total. The Morgan fingerprint density at radius 2 is 2.29 bits per heavy atom. The average molecular weight is 191 g/mol. The minimum atomic E-state index is 0.0163. The molecule has 0 spiro atoms. The maximum absolute atomic E-state index is 6.00. The quantitative estimate of drug-likeness (QED) is 0.742. The van der Waals surface area contributed by atoms with Gasteiger partial charge < -0.3 is 10.5 Å². The molecule has 14 heavy (non-hydrogen) atoms. The molecule has 0 heterocycles. The van der Waals surface area contributed by atoms with Crippen molar-refractivity contribution in [1.82, 2.24) is 0 Å². The maximum Gasteiger partial charge on any atom is 0.119 e. The SMILES string of the molecule is C=CCC(N)c1cc(OC)ccc1C. The topological polar surface area (TPSA) is 35.2 Å². The smallest absolute Gasteiger partial charge is 0.119 e. The van der Waals surface area contributed by atoms with Crippen molar-refractivity contribution in [2.24, 2.45) is 5.73 Å². The summed E-state index contributed by atoms with van der Waals surface area (Å²) in [7, 11) is 1.66. The third-order valence-electron chi connectivity index (χ3n) is 2.31. The van der Waals surface area contributed by atoms with Gasteiger partial charge in [0.1, 0.15) is 5.75 Å². The molecule has 76 valence electrons. The van der Waals surface area contributed by atoms with Crippen molar-refractivity contribution in [2.75, 3.05) is 7.11 Å². The van der Waals surface area contributed by atoms with E-state index in [2.05, 4.69) is 13.5 Å². The van der Waals surface area contributed by atoms with E-state index >= 15 is 0 Å². The van der Waals surface area contributed by atoms with Crippen LogP contribution in [0.3, 0.4) is 0 Å². The standard InChI is InChI=1S/C12H17NO/c1-4-5-12(13)11-8-10(14-3)7-6-9(11)2/h4,6-8,12H,1,5,13H2,2-3H3. The van der Waals surface area contributed by atoms with Crippen molar-refractivity contribution in [3.63, 3.8) is 0 Å². The summed E-state index contributed by atoms with van der Waals surface area (Å²) in [6.45, 7) is 5.74. The van der Waals surface area contributed by atoms with E-state index in [1.807, 2.05) is 24.3 Å². The first-order valence-electron chi connectivity index (χ1n) is 4.70. The zero-order chi connectivity index (χ0) is 10.6. The van der Waals surface area contributed by atoms with Crippen molar-refractivity contribution in [3.8, 4) is 5.75 Å². The van der Waals surface area contributed by atoms with Gasteiger partial charge in [-0.15, -0.1) is 6.58 Å². The van der Waals surface area contributed by atoms with Crippen LogP contribution in [0, 0.1) is 6.92 Å². The van der Waals surface area contributed by atoms with Crippen molar-refractivity contribution >= 4 is 0 Å². The number of aryl methyl sites for hydroxylation is 1. The summed E-state index contributed by atoms with van der Waals surface area (Å²) in [5, 5.41) is 0. The van der Waals surface area contributed by atoms with Crippen molar-refractivity contribution in [1.29, 1.82) is 0 Å². The highest BCUT2D eigenvalue weighted by molar-refractivity contribution is 5.36. The summed E-state index contributed by atoms with van der Waals surface area (Å²) in [5.41, 5.74) is 8.33. The maximum atomic E-state index is 6.00. The lowest BCUT2D eigenvalue weighted by molar-refractivity contribution is 0.413. The van der Waals surface area contributed by atoms with Crippen molar-refractivity contribution in [3.05, 3.63) is 42.0 Å². The van der Waals surface area contributed by atoms with Gasteiger partial charge in [-0.05, 0) is 36.6 Å². The van der Waals surface area contributed by atoms with Gasteiger partial charge in [0, 0.05) is 6.04 Å². The summed E-state index contributed by atoms with van der Waals surface area (Å²) >= 11 is 0. The molecule has 0 aromatic heterocycles. The number of ether oxygens (including phenoxy) is 1. The Kier molecular flexibility index (Phi) is 3.72. The molecule has 1 rings (SSSR count). The largest absolute Gasteiger partial charge is 0.497 e. The van der Waals surface area contributed by atoms with Gasteiger partial charge in [-0.3, -0.25) is 0 Å². The molecule has 0 bridgehead atoms. The average Bonchev–Trinajstić information content (AvgIpc) is 2.19. The molecule has 0 aliphatic heterocycles. The van der Waals surface area contributed by atoms with Crippen molar-refractivity contribution in [2.45, 2.75) is 19.4 Å². The van der Waals surface area contributed by atoms with Crippen LogP contribution in [-0.4, -0.2) is 7.11 Å². The van der Waals surface area contributed by atoms with Crippen LogP contribution < -0.4 is 10.5 Å². The van der Waals surface area contributed by atoms with E-state index in [4.69, 9.17) is 10.5 Å². The second-order valence-electron chi connectivity index (χ2n) is 3.35. The lowest BCUT2D eigenvalue weighted by atomic mass is 9.99. The van der Waals surface area contributed by atoms with E-state index < -0.39 is 0 Å². The second-order valence-corrected chi connectivity index (χ2v) is 3.35. The normalized spacial score (nSPS) is 12.2. The zero-order valence-corrected chi connectivity index (χ0v) is 8.79. The monoisotopic (exact) mass is 191 g/mol. The Labute approximate surface area is 85.4 Å². The van der Waals surface area contributed by atoms with E-state index in [9.17, 15) is 0 Å². The fraction of sp³-hybridized carbons (Fsp3) is 0.333. The van der Waals surface area contributed by atoms with Gasteiger partial charge in [0.05, 0.1) is 7.11 Å². The molecule has 0 amide bonds. The van der Waals surface area contributed by atoms with Gasteiger partial charge >= 0.3 is 0 Å². The Balaban J connectivity index is 2.98. The lowest BCUT2D eigenvalue weighted by Crippen LogP contribution is -2.10. The van der Waals surface area contributed by atoms with E-state index in [1.54, 1.807) is 7.11 Å². The third-order valence-corrected chi connectivity index (χ3v) is 2.31. The van der Waals surface area contributed by atoms with Crippen LogP contribution in [0.4, 0.5) is 0 Å². The molecular formula is C12H17NO. The number of nitrogens with two attached hydrogens (primary N) is 1. The first kappa shape index (κ1) is 10.8. The van der Waals surface area contributed by atoms with Gasteiger partial charge in [-0.1, -0.05) is 12.1 Å². The predicted octanol–water partition coefficient (Wildman–Crippen LogP) is 2.58. The lowest BCUT2D eigenvalue weighted by Gasteiger charge is -2.14. The highest BCUT2D eigenvalue weighted by Gasteiger charge is 2.08. The first-order valence-corrected chi connectivity index (χ1v) is 4.70. The number of benzene rings is 1. The zero-order valence-electron chi connectivity index (χ0n) is 8.79. The number of hydrogen-bond donors (Lipinski definition) is 1. The van der Waals surface area contributed by atoms with E-state index in [0.717, 1.165) is 17.7 Å². The first-order chi connectivity index (χ1) is 6.69. The van der Waals surface area contributed by atoms with E-state index in [-0.39, 0.29) is 6.04 Å². The molecule has 1 unspecified atom stereocenters. The molecule has 0 aliphatic rings. The highest BCUT2D eigenvalue weighted by Crippen LogP contribution is 2.23. The molecule has 0 saturated carbocycles. The van der Waals surface area contributed by atoms with Gasteiger partial charge in [0.25, 0.3) is 0 Å². The number of methoxy groups -OCH3 is 1. The fourth-order valence-corrected chi connectivity index (χ4v) is 1.45. The number of hydrogen-bond acceptors (Lipinski definition) is 2. The van der Waals surface area contributed by atoms with Crippen molar-refractivity contribution < 1.29 is 4.74 Å². The van der Waals surface area contributed by atoms with Gasteiger partial charge in [0.2, 0.25) is 0 Å². The minimum Gasteiger partial charge on any atom is -0.497 e. The number of rotatable bonds is 4. The summed E-state index contributed by atoms with van der Waals surface area (Å²) < 4.78 is 5.16. The molecule has 1 aromatic rings. The summed E-state index contributed by atoms with van der Waals surface area (Å²) in [4.78, 5) is 0. The Bertz CT molecular complexity index is 320. The predicted molar refractivity (Wildman–Crippen MR) is 59.5 cm³/mol. The minimum absolute atomic E-state index is 0.0163. The molecule has 1 aromatic carbocycles. The molecule has 2 nitrogen and oxygen atoms in total. The third kappa shape index (κ3) is 2.36. The molecule has 0 aliphatic carbocycles. The van der Waals surface area contributed by atoms with E-state index in [0.29, 0.717) is 0 Å². The van der Waals surface area contributed by atoms with Crippen LogP contribution in [0.1, 0.15) is 23.6 Å². The molecule has 0 fully saturated rings. The van der Waals surface area contributed by atoms with Gasteiger partial charge in [-0.2, -0.15) is 0 Å². The molecule has 2 heteroatoms. The summed E-state index contributed by atoms with van der Waals surface area (Å²) in [5.74, 6) is 0.852.